The van der Waals surface area contributed by atoms with Gasteiger partial charge in [-0.05, 0) is 51.9 Å². The van der Waals surface area contributed by atoms with Gasteiger partial charge in [-0.15, -0.1) is 11.3 Å². The van der Waals surface area contributed by atoms with E-state index in [2.05, 4.69) is 24.1 Å². The molecule has 0 spiro atoms. The lowest BCUT2D eigenvalue weighted by atomic mass is 10.0. The number of aliphatic hydroxyl groups excluding tert-OH is 1. The summed E-state index contributed by atoms with van der Waals surface area (Å²) in [6.07, 6.45) is 1.49. The van der Waals surface area contributed by atoms with E-state index in [-0.39, 0.29) is 37.4 Å². The first-order chi connectivity index (χ1) is 12.7. The smallest absolute Gasteiger partial charge is 0.261 e. The molecule has 1 aliphatic rings. The fourth-order valence-electron chi connectivity index (χ4n) is 3.27. The van der Waals surface area contributed by atoms with Crippen molar-refractivity contribution in [1.29, 1.82) is 0 Å². The number of hydrogen-bond acceptors (Lipinski definition) is 6. The maximum Gasteiger partial charge on any atom is 0.261 e. The second-order valence-corrected chi connectivity index (χ2v) is 10.6. The number of hydrogen-bond donors (Lipinski definition) is 2. The van der Waals surface area contributed by atoms with Crippen LogP contribution in [0, 0.1) is 0 Å². The van der Waals surface area contributed by atoms with Crippen LogP contribution < -0.4 is 5.32 Å². The number of aliphatic hydroxyl groups is 1. The van der Waals surface area contributed by atoms with E-state index < -0.39 is 10.0 Å². The second-order valence-electron chi connectivity index (χ2n) is 6.87. The van der Waals surface area contributed by atoms with Gasteiger partial charge in [-0.1, -0.05) is 11.6 Å². The Morgan fingerprint density at radius 1 is 1.41 bits per heavy atom. The van der Waals surface area contributed by atoms with E-state index in [4.69, 9.17) is 11.6 Å². The third kappa shape index (κ3) is 6.40. The molecule has 1 fully saturated rings. The summed E-state index contributed by atoms with van der Waals surface area (Å²) in [4.78, 5) is 14.8. The molecule has 0 aromatic carbocycles. The van der Waals surface area contributed by atoms with Gasteiger partial charge in [0, 0.05) is 25.2 Å². The molecule has 1 saturated heterocycles. The minimum Gasteiger partial charge on any atom is -0.395 e. The number of nitrogens with one attached hydrogen (secondary N) is 1. The average molecular weight is 438 g/mol. The standard InChI is InChI=1S/C17H28ClN3O4S2/c1-13(2)20-8-5-14(6-9-20)21(10-11-22)27(24,25)12-7-19-17(23)15-3-4-16(18)26-15/h3-4,13-14,22H,5-12H2,1-2H3,(H,19,23). The number of piperidine rings is 1. The van der Waals surface area contributed by atoms with Gasteiger partial charge in [0.2, 0.25) is 10.0 Å². The first-order valence-corrected chi connectivity index (χ1v) is 11.9. The zero-order valence-corrected chi connectivity index (χ0v) is 18.1. The SMILES string of the molecule is CC(C)N1CCC(N(CCO)S(=O)(=O)CCNC(=O)c2ccc(Cl)s2)CC1. The van der Waals surface area contributed by atoms with E-state index in [1.54, 1.807) is 12.1 Å². The highest BCUT2D eigenvalue weighted by atomic mass is 35.5. The molecule has 0 radical (unpaired) electrons. The summed E-state index contributed by atoms with van der Waals surface area (Å²) >= 11 is 6.96. The summed E-state index contributed by atoms with van der Waals surface area (Å²) < 4.78 is 27.5. The van der Waals surface area contributed by atoms with Crippen molar-refractivity contribution in [2.45, 2.75) is 38.8 Å². The number of nitrogens with zero attached hydrogens (tertiary/aromatic N) is 2. The van der Waals surface area contributed by atoms with Crippen molar-refractivity contribution in [1.82, 2.24) is 14.5 Å². The molecule has 1 aromatic heterocycles. The number of rotatable bonds is 9. The Morgan fingerprint density at radius 3 is 2.59 bits per heavy atom. The number of thiophene rings is 1. The first kappa shape index (κ1) is 22.6. The molecule has 0 bridgehead atoms. The van der Waals surface area contributed by atoms with Crippen LogP contribution in [0.2, 0.25) is 4.34 Å². The van der Waals surface area contributed by atoms with Crippen LogP contribution in [0.5, 0.6) is 0 Å². The number of carbonyl (C=O) groups excluding carboxylic acids is 1. The Labute approximate surface area is 170 Å². The van der Waals surface area contributed by atoms with Crippen LogP contribution in [0.1, 0.15) is 36.4 Å². The maximum atomic E-state index is 12.8. The maximum absolute atomic E-state index is 12.8. The Balaban J connectivity index is 1.91. The van der Waals surface area contributed by atoms with Gasteiger partial charge >= 0.3 is 0 Å². The van der Waals surface area contributed by atoms with Crippen molar-refractivity contribution >= 4 is 38.9 Å². The van der Waals surface area contributed by atoms with Crippen molar-refractivity contribution in [3.05, 3.63) is 21.3 Å². The van der Waals surface area contributed by atoms with Crippen molar-refractivity contribution in [3.8, 4) is 0 Å². The molecule has 27 heavy (non-hydrogen) atoms. The van der Waals surface area contributed by atoms with Gasteiger partial charge in [-0.3, -0.25) is 4.79 Å². The molecule has 1 aromatic rings. The summed E-state index contributed by atoms with van der Waals surface area (Å²) in [5.41, 5.74) is 0. The zero-order valence-electron chi connectivity index (χ0n) is 15.7. The summed E-state index contributed by atoms with van der Waals surface area (Å²) in [6, 6.07) is 3.57. The Morgan fingerprint density at radius 2 is 2.07 bits per heavy atom. The normalized spacial score (nSPS) is 17.0. The third-order valence-electron chi connectivity index (χ3n) is 4.76. The van der Waals surface area contributed by atoms with Crippen LogP contribution in [0.25, 0.3) is 0 Å². The van der Waals surface area contributed by atoms with E-state index in [0.717, 1.165) is 37.3 Å². The van der Waals surface area contributed by atoms with Crippen LogP contribution >= 0.6 is 22.9 Å². The molecule has 10 heteroatoms. The van der Waals surface area contributed by atoms with Gasteiger partial charge < -0.3 is 15.3 Å². The van der Waals surface area contributed by atoms with Crippen molar-refractivity contribution < 1.29 is 18.3 Å². The molecule has 154 valence electrons. The van der Waals surface area contributed by atoms with Crippen LogP contribution in [-0.2, 0) is 10.0 Å². The van der Waals surface area contributed by atoms with E-state index in [1.165, 1.54) is 4.31 Å². The largest absolute Gasteiger partial charge is 0.395 e. The predicted molar refractivity (Wildman–Crippen MR) is 109 cm³/mol. The molecule has 1 aliphatic heterocycles. The fourth-order valence-corrected chi connectivity index (χ4v) is 5.85. The molecule has 2 N–H and O–H groups in total. The minimum atomic E-state index is -3.58. The van der Waals surface area contributed by atoms with Crippen molar-refractivity contribution in [2.24, 2.45) is 0 Å². The van der Waals surface area contributed by atoms with Gasteiger partial charge in [0.25, 0.3) is 5.91 Å². The van der Waals surface area contributed by atoms with Crippen LogP contribution in [0.4, 0.5) is 0 Å². The molecule has 0 unspecified atom stereocenters. The third-order valence-corrected chi connectivity index (χ3v) is 7.90. The topological polar surface area (TPSA) is 89.9 Å². The predicted octanol–water partition coefficient (Wildman–Crippen LogP) is 1.63. The van der Waals surface area contributed by atoms with Gasteiger partial charge in [0.05, 0.1) is 21.6 Å². The summed E-state index contributed by atoms with van der Waals surface area (Å²) in [7, 11) is -3.58. The number of likely N-dealkylation sites (tertiary alicyclic amines) is 1. The highest BCUT2D eigenvalue weighted by Gasteiger charge is 2.32. The zero-order chi connectivity index (χ0) is 20.0. The van der Waals surface area contributed by atoms with E-state index in [9.17, 15) is 18.3 Å². The Bertz CT molecular complexity index is 716. The highest BCUT2D eigenvalue weighted by molar-refractivity contribution is 7.89. The number of carbonyl (C=O) groups is 1. The first-order valence-electron chi connectivity index (χ1n) is 9.12. The molecule has 0 saturated carbocycles. The monoisotopic (exact) mass is 437 g/mol. The van der Waals surface area contributed by atoms with Crippen LogP contribution in [0.15, 0.2) is 12.1 Å². The highest BCUT2D eigenvalue weighted by Crippen LogP contribution is 2.22. The molecule has 0 atom stereocenters. The van der Waals surface area contributed by atoms with Gasteiger partial charge in [0.1, 0.15) is 0 Å². The summed E-state index contributed by atoms with van der Waals surface area (Å²) in [5, 5.41) is 12.0. The molecule has 2 rings (SSSR count). The van der Waals surface area contributed by atoms with Crippen molar-refractivity contribution in [3.63, 3.8) is 0 Å². The average Bonchev–Trinajstić information content (AvgIpc) is 3.06. The molecular weight excluding hydrogens is 410 g/mol. The lowest BCUT2D eigenvalue weighted by molar-refractivity contribution is 0.0960. The number of halogens is 1. The van der Waals surface area contributed by atoms with Crippen molar-refractivity contribution in [2.75, 3.05) is 38.5 Å². The van der Waals surface area contributed by atoms with Crippen LogP contribution in [0.3, 0.4) is 0 Å². The lowest BCUT2D eigenvalue weighted by Crippen LogP contribution is -2.50. The van der Waals surface area contributed by atoms with E-state index >= 15 is 0 Å². The lowest BCUT2D eigenvalue weighted by Gasteiger charge is -2.39. The van der Waals surface area contributed by atoms with E-state index in [1.807, 2.05) is 0 Å². The molecule has 1 amide bonds. The Hall–Kier alpha value is -0.710. The van der Waals surface area contributed by atoms with Crippen LogP contribution in [-0.4, -0.2) is 79.3 Å². The van der Waals surface area contributed by atoms with Gasteiger partial charge in [-0.25, -0.2) is 8.42 Å². The van der Waals surface area contributed by atoms with Gasteiger partial charge in [0.15, 0.2) is 0 Å². The molecular formula is C17H28ClN3O4S2. The summed E-state index contributed by atoms with van der Waals surface area (Å²) in [6.45, 7) is 5.83. The summed E-state index contributed by atoms with van der Waals surface area (Å²) in [5.74, 6) is -0.525. The number of sulfonamides is 1. The molecule has 0 aliphatic carbocycles. The van der Waals surface area contributed by atoms with E-state index in [0.29, 0.717) is 15.3 Å². The quantitative estimate of drug-likeness (QED) is 0.612. The van der Waals surface area contributed by atoms with Gasteiger partial charge in [-0.2, -0.15) is 4.31 Å². The second kappa shape index (κ2) is 10.2. The molecule has 2 heterocycles. The molecule has 7 nitrogen and oxygen atoms in total. The number of amides is 1. The Kier molecular flexibility index (Phi) is 8.51. The minimum absolute atomic E-state index is 0.0173. The fraction of sp³-hybridized carbons (Fsp3) is 0.706.